The van der Waals surface area contributed by atoms with Crippen LogP contribution in [0.4, 0.5) is 5.69 Å². The summed E-state index contributed by atoms with van der Waals surface area (Å²) < 4.78 is 1.93. The molecule has 0 saturated heterocycles. The Morgan fingerprint density at radius 2 is 2.03 bits per heavy atom. The van der Waals surface area contributed by atoms with Gasteiger partial charge in [0.25, 0.3) is 5.56 Å². The van der Waals surface area contributed by atoms with Gasteiger partial charge in [-0.2, -0.15) is 0 Å². The highest BCUT2D eigenvalue weighted by Gasteiger charge is 2.16. The molecule has 5 aromatic rings. The molecule has 3 N–H and O–H groups in total. The van der Waals surface area contributed by atoms with Crippen LogP contribution in [0.2, 0.25) is 0 Å². The highest BCUT2D eigenvalue weighted by atomic mass is 16.1. The Hall–Kier alpha value is -4.20. The summed E-state index contributed by atoms with van der Waals surface area (Å²) in [5.74, 6) is 0.517. The van der Waals surface area contributed by atoms with E-state index in [1.165, 1.54) is 0 Å². The Balaban J connectivity index is 1.56. The lowest BCUT2D eigenvalue weighted by Gasteiger charge is -2.10. The van der Waals surface area contributed by atoms with Gasteiger partial charge in [0.15, 0.2) is 0 Å². The molecular weight excluding hydrogens is 390 g/mol. The quantitative estimate of drug-likeness (QED) is 0.409. The van der Waals surface area contributed by atoms with Gasteiger partial charge in [-0.1, -0.05) is 6.07 Å². The summed E-state index contributed by atoms with van der Waals surface area (Å²) in [4.78, 5) is 32.1. The van der Waals surface area contributed by atoms with Crippen molar-refractivity contribution in [3.05, 3.63) is 88.6 Å². The van der Waals surface area contributed by atoms with E-state index in [4.69, 9.17) is 4.98 Å². The van der Waals surface area contributed by atoms with Crippen LogP contribution in [0.5, 0.6) is 0 Å². The van der Waals surface area contributed by atoms with Gasteiger partial charge in [-0.3, -0.25) is 9.78 Å². The maximum Gasteiger partial charge on any atom is 0.261 e. The molecule has 0 bridgehead atoms. The number of aromatic nitrogens is 6. The average Bonchev–Trinajstić information content (AvgIpc) is 3.43. The second-order valence-corrected chi connectivity index (χ2v) is 7.43. The van der Waals surface area contributed by atoms with Crippen LogP contribution in [0.15, 0.2) is 66.2 Å². The fourth-order valence-electron chi connectivity index (χ4n) is 3.69. The zero-order valence-corrected chi connectivity index (χ0v) is 17.2. The van der Waals surface area contributed by atoms with Gasteiger partial charge in [0.05, 0.1) is 35.3 Å². The van der Waals surface area contributed by atoms with E-state index in [1.807, 2.05) is 54.9 Å². The molecule has 0 radical (unpaired) electrons. The molecule has 154 valence electrons. The van der Waals surface area contributed by atoms with Gasteiger partial charge in [0.1, 0.15) is 11.4 Å². The first-order chi connectivity index (χ1) is 15.1. The van der Waals surface area contributed by atoms with Crippen LogP contribution >= 0.6 is 0 Å². The maximum atomic E-state index is 12.8. The minimum Gasteiger partial charge on any atom is -0.379 e. The number of nitrogens with one attached hydrogen (secondary N) is 3. The lowest BCUT2D eigenvalue weighted by molar-refractivity contribution is 1.01. The van der Waals surface area contributed by atoms with Gasteiger partial charge in [-0.05, 0) is 49.2 Å². The van der Waals surface area contributed by atoms with Crippen molar-refractivity contribution in [2.24, 2.45) is 0 Å². The second-order valence-electron chi connectivity index (χ2n) is 7.43. The summed E-state index contributed by atoms with van der Waals surface area (Å²) in [7, 11) is 0. The highest BCUT2D eigenvalue weighted by molar-refractivity contribution is 5.86. The highest BCUT2D eigenvalue weighted by Crippen LogP contribution is 2.27. The molecule has 0 aliphatic rings. The van der Waals surface area contributed by atoms with Crippen molar-refractivity contribution in [2.45, 2.75) is 20.4 Å². The molecule has 0 spiro atoms. The monoisotopic (exact) mass is 411 g/mol. The first kappa shape index (κ1) is 18.8. The van der Waals surface area contributed by atoms with Crippen LogP contribution in [-0.2, 0) is 6.54 Å². The van der Waals surface area contributed by atoms with Crippen LogP contribution < -0.4 is 10.9 Å². The van der Waals surface area contributed by atoms with Crippen molar-refractivity contribution in [2.75, 3.05) is 5.32 Å². The lowest BCUT2D eigenvalue weighted by Crippen LogP contribution is -2.13. The molecule has 0 fully saturated rings. The number of rotatable bonds is 5. The minimum absolute atomic E-state index is 0.214. The molecule has 0 aliphatic heterocycles. The number of pyridine rings is 2. The Kier molecular flexibility index (Phi) is 4.59. The average molecular weight is 411 g/mol. The second kappa shape index (κ2) is 7.56. The fourth-order valence-corrected chi connectivity index (χ4v) is 3.69. The van der Waals surface area contributed by atoms with Crippen LogP contribution in [0.25, 0.3) is 28.1 Å². The summed E-state index contributed by atoms with van der Waals surface area (Å²) in [5, 5.41) is 3.35. The molecule has 0 amide bonds. The van der Waals surface area contributed by atoms with Crippen molar-refractivity contribution in [3.63, 3.8) is 0 Å². The fraction of sp³-hybridized carbons (Fsp3) is 0.130. The predicted molar refractivity (Wildman–Crippen MR) is 120 cm³/mol. The van der Waals surface area contributed by atoms with Crippen molar-refractivity contribution < 1.29 is 0 Å². The Morgan fingerprint density at radius 3 is 2.84 bits per heavy atom. The first-order valence-corrected chi connectivity index (χ1v) is 9.95. The number of H-pyrrole nitrogens is 2. The van der Waals surface area contributed by atoms with E-state index >= 15 is 0 Å². The van der Waals surface area contributed by atoms with Crippen molar-refractivity contribution in [1.29, 1.82) is 0 Å². The zero-order valence-electron chi connectivity index (χ0n) is 17.2. The van der Waals surface area contributed by atoms with Crippen LogP contribution in [0, 0.1) is 13.8 Å². The van der Waals surface area contributed by atoms with Crippen LogP contribution in [-0.4, -0.2) is 29.5 Å². The largest absolute Gasteiger partial charge is 0.379 e. The Morgan fingerprint density at radius 1 is 1.13 bits per heavy atom. The van der Waals surface area contributed by atoms with E-state index < -0.39 is 0 Å². The van der Waals surface area contributed by atoms with Crippen molar-refractivity contribution in [3.8, 4) is 17.1 Å². The van der Waals surface area contributed by atoms with Gasteiger partial charge in [0, 0.05) is 30.5 Å². The number of imidazole rings is 2. The van der Waals surface area contributed by atoms with E-state index in [-0.39, 0.29) is 5.56 Å². The number of benzene rings is 1. The molecule has 1 aromatic carbocycles. The Labute approximate surface area is 178 Å². The molecular formula is C23H21N7O. The van der Waals surface area contributed by atoms with Gasteiger partial charge >= 0.3 is 0 Å². The van der Waals surface area contributed by atoms with E-state index in [0.29, 0.717) is 23.6 Å². The molecule has 0 unspecified atom stereocenters. The summed E-state index contributed by atoms with van der Waals surface area (Å²) in [5.41, 5.74) is 6.64. The summed E-state index contributed by atoms with van der Waals surface area (Å²) in [6.45, 7) is 4.53. The summed E-state index contributed by atoms with van der Waals surface area (Å²) in [6.07, 6.45) is 8.78. The van der Waals surface area contributed by atoms with E-state index in [1.54, 1.807) is 24.9 Å². The van der Waals surface area contributed by atoms with Crippen LogP contribution in [0.3, 0.4) is 0 Å². The SMILES string of the molecule is Cc1cccnc1CNc1cc[nH]c(=O)c1-c1nc2c(C)cc(-n3ccnc3)cc2[nH]1. The molecule has 31 heavy (non-hydrogen) atoms. The molecule has 4 heterocycles. The number of aryl methyl sites for hydroxylation is 2. The standard InChI is InChI=1S/C23H21N7O/c1-14-4-3-6-25-19(14)12-27-17-5-7-26-23(31)20(17)22-28-18-11-16(30-9-8-24-13-30)10-15(2)21(18)29-22/h3-11,13H,12H2,1-2H3,(H,28,29)(H2,26,27,31). The van der Waals surface area contributed by atoms with E-state index in [0.717, 1.165) is 33.5 Å². The molecule has 0 aliphatic carbocycles. The molecule has 5 rings (SSSR count). The number of fused-ring (bicyclic) bond motifs is 1. The third kappa shape index (κ3) is 3.48. The number of anilines is 1. The van der Waals surface area contributed by atoms with E-state index in [2.05, 4.69) is 25.3 Å². The maximum absolute atomic E-state index is 12.8. The first-order valence-electron chi connectivity index (χ1n) is 9.95. The third-order valence-electron chi connectivity index (χ3n) is 5.33. The summed E-state index contributed by atoms with van der Waals surface area (Å²) >= 11 is 0. The van der Waals surface area contributed by atoms with Gasteiger partial charge in [-0.15, -0.1) is 0 Å². The molecule has 0 atom stereocenters. The number of nitrogens with zero attached hydrogens (tertiary/aromatic N) is 4. The summed E-state index contributed by atoms with van der Waals surface area (Å²) in [6, 6.07) is 9.82. The zero-order chi connectivity index (χ0) is 21.4. The Bertz CT molecular complexity index is 1430. The number of hydrogen-bond acceptors (Lipinski definition) is 5. The molecule has 8 heteroatoms. The number of aromatic amines is 2. The smallest absolute Gasteiger partial charge is 0.261 e. The van der Waals surface area contributed by atoms with Gasteiger partial charge < -0.3 is 19.9 Å². The molecule has 4 aromatic heterocycles. The van der Waals surface area contributed by atoms with E-state index in [9.17, 15) is 4.79 Å². The number of hydrogen-bond donors (Lipinski definition) is 3. The molecule has 0 saturated carbocycles. The molecule has 8 nitrogen and oxygen atoms in total. The topological polar surface area (TPSA) is 104 Å². The van der Waals surface area contributed by atoms with Crippen molar-refractivity contribution in [1.82, 2.24) is 29.5 Å². The van der Waals surface area contributed by atoms with Crippen LogP contribution in [0.1, 0.15) is 16.8 Å². The minimum atomic E-state index is -0.214. The van der Waals surface area contributed by atoms with Gasteiger partial charge in [0.2, 0.25) is 0 Å². The predicted octanol–water partition coefficient (Wildman–Crippen LogP) is 3.73. The lowest BCUT2D eigenvalue weighted by atomic mass is 10.2. The normalized spacial score (nSPS) is 11.2. The van der Waals surface area contributed by atoms with Crippen molar-refractivity contribution >= 4 is 16.7 Å². The van der Waals surface area contributed by atoms with Gasteiger partial charge in [-0.25, -0.2) is 9.97 Å². The third-order valence-corrected chi connectivity index (χ3v) is 5.33.